The van der Waals surface area contributed by atoms with Crippen LogP contribution in [0.1, 0.15) is 12.5 Å². The molecule has 1 aliphatic rings. The summed E-state index contributed by atoms with van der Waals surface area (Å²) in [5, 5.41) is 2.69. The van der Waals surface area contributed by atoms with Crippen LogP contribution in [-0.2, 0) is 16.1 Å². The van der Waals surface area contributed by atoms with Gasteiger partial charge in [-0.05, 0) is 12.5 Å². The van der Waals surface area contributed by atoms with Crippen molar-refractivity contribution >= 4 is 11.9 Å². The first kappa shape index (κ1) is 16.3. The van der Waals surface area contributed by atoms with Crippen LogP contribution in [0.4, 0.5) is 4.79 Å². The quantitative estimate of drug-likeness (QED) is 0.885. The smallest absolute Gasteiger partial charge is 0.317 e. The van der Waals surface area contributed by atoms with Gasteiger partial charge in [0.25, 0.3) is 0 Å². The first-order valence-electron chi connectivity index (χ1n) is 7.63. The summed E-state index contributed by atoms with van der Waals surface area (Å²) in [6, 6.07) is 9.63. The fourth-order valence-corrected chi connectivity index (χ4v) is 2.32. The monoisotopic (exact) mass is 305 g/mol. The summed E-state index contributed by atoms with van der Waals surface area (Å²) < 4.78 is 5.20. The van der Waals surface area contributed by atoms with E-state index in [2.05, 4.69) is 5.32 Å². The van der Waals surface area contributed by atoms with Gasteiger partial charge in [0.2, 0.25) is 5.91 Å². The zero-order valence-electron chi connectivity index (χ0n) is 13.0. The van der Waals surface area contributed by atoms with Crippen molar-refractivity contribution in [2.75, 3.05) is 39.4 Å². The van der Waals surface area contributed by atoms with Gasteiger partial charge in [0.05, 0.1) is 19.8 Å². The summed E-state index contributed by atoms with van der Waals surface area (Å²) in [5.41, 5.74) is 1.08. The summed E-state index contributed by atoms with van der Waals surface area (Å²) in [5.74, 6) is -0.0760. The van der Waals surface area contributed by atoms with Crippen LogP contribution < -0.4 is 5.32 Å². The van der Waals surface area contributed by atoms with Gasteiger partial charge in [0.15, 0.2) is 0 Å². The second-order valence-electron chi connectivity index (χ2n) is 5.15. The van der Waals surface area contributed by atoms with Crippen molar-refractivity contribution in [2.45, 2.75) is 13.5 Å². The molecule has 1 aliphatic heterocycles. The van der Waals surface area contributed by atoms with E-state index in [1.54, 1.807) is 9.80 Å². The van der Waals surface area contributed by atoms with Gasteiger partial charge in [0.1, 0.15) is 0 Å². The maximum Gasteiger partial charge on any atom is 0.317 e. The number of ether oxygens (including phenoxy) is 1. The van der Waals surface area contributed by atoms with Crippen molar-refractivity contribution in [3.8, 4) is 0 Å². The van der Waals surface area contributed by atoms with E-state index in [9.17, 15) is 9.59 Å². The molecule has 2 rings (SSSR count). The minimum absolute atomic E-state index is 0.0247. The lowest BCUT2D eigenvalue weighted by Crippen LogP contribution is -2.49. The summed E-state index contributed by atoms with van der Waals surface area (Å²) in [6.45, 7) is 5.38. The first-order chi connectivity index (χ1) is 10.7. The van der Waals surface area contributed by atoms with Gasteiger partial charge in [0, 0.05) is 26.2 Å². The Hall–Kier alpha value is -2.08. The second kappa shape index (κ2) is 8.38. The Bertz CT molecular complexity index is 487. The molecule has 0 aliphatic carbocycles. The predicted octanol–water partition coefficient (Wildman–Crippen LogP) is 1.08. The molecule has 1 heterocycles. The van der Waals surface area contributed by atoms with Gasteiger partial charge in [-0.25, -0.2) is 4.79 Å². The normalized spacial score (nSPS) is 14.5. The van der Waals surface area contributed by atoms with Crippen molar-refractivity contribution in [1.82, 2.24) is 15.1 Å². The summed E-state index contributed by atoms with van der Waals surface area (Å²) >= 11 is 0. The zero-order chi connectivity index (χ0) is 15.8. The molecule has 6 nitrogen and oxygen atoms in total. The molecule has 6 heteroatoms. The van der Waals surface area contributed by atoms with E-state index in [4.69, 9.17) is 4.74 Å². The Labute approximate surface area is 131 Å². The predicted molar refractivity (Wildman–Crippen MR) is 83.3 cm³/mol. The Balaban J connectivity index is 1.80. The molecule has 0 spiro atoms. The summed E-state index contributed by atoms with van der Waals surface area (Å²) in [7, 11) is 0. The van der Waals surface area contributed by atoms with Crippen molar-refractivity contribution in [2.24, 2.45) is 0 Å². The molecule has 1 aromatic carbocycles. The molecule has 0 aromatic heterocycles. The summed E-state index contributed by atoms with van der Waals surface area (Å²) in [4.78, 5) is 27.6. The van der Waals surface area contributed by atoms with Gasteiger partial charge in [-0.3, -0.25) is 4.79 Å². The molecule has 0 bridgehead atoms. The number of rotatable bonds is 5. The van der Waals surface area contributed by atoms with Crippen LogP contribution in [0.5, 0.6) is 0 Å². The van der Waals surface area contributed by atoms with E-state index in [-0.39, 0.29) is 18.5 Å². The molecular formula is C16H23N3O3. The van der Waals surface area contributed by atoms with Crippen LogP contribution in [0.15, 0.2) is 30.3 Å². The molecule has 0 atom stereocenters. The molecule has 0 saturated carbocycles. The molecule has 0 unspecified atom stereocenters. The molecule has 1 aromatic rings. The second-order valence-corrected chi connectivity index (χ2v) is 5.15. The Morgan fingerprint density at radius 1 is 1.23 bits per heavy atom. The number of hydrogen-bond donors (Lipinski definition) is 1. The zero-order valence-corrected chi connectivity index (χ0v) is 13.0. The standard InChI is InChI=1S/C16H23N3O3/c1-2-18(13-14-6-4-3-5-7-14)15(20)12-17-16(21)19-8-10-22-11-9-19/h3-7H,2,8-13H2,1H3,(H,17,21). The lowest BCUT2D eigenvalue weighted by Gasteiger charge is -2.27. The highest BCUT2D eigenvalue weighted by Gasteiger charge is 2.18. The Morgan fingerprint density at radius 2 is 1.91 bits per heavy atom. The average molecular weight is 305 g/mol. The van der Waals surface area contributed by atoms with Crippen LogP contribution in [0, 0.1) is 0 Å². The number of nitrogens with zero attached hydrogens (tertiary/aromatic N) is 2. The van der Waals surface area contributed by atoms with Crippen LogP contribution in [0.2, 0.25) is 0 Å². The number of morpholine rings is 1. The van der Waals surface area contributed by atoms with Gasteiger partial charge in [-0.2, -0.15) is 0 Å². The SMILES string of the molecule is CCN(Cc1ccccc1)C(=O)CNC(=O)N1CCOCC1. The third kappa shape index (κ3) is 4.73. The molecule has 1 N–H and O–H groups in total. The van der Waals surface area contributed by atoms with Crippen LogP contribution in [0.25, 0.3) is 0 Å². The number of benzene rings is 1. The van der Waals surface area contributed by atoms with Crippen molar-refractivity contribution < 1.29 is 14.3 Å². The highest BCUT2D eigenvalue weighted by Crippen LogP contribution is 2.04. The molecule has 0 radical (unpaired) electrons. The van der Waals surface area contributed by atoms with Gasteiger partial charge >= 0.3 is 6.03 Å². The van der Waals surface area contributed by atoms with E-state index in [0.717, 1.165) is 5.56 Å². The topological polar surface area (TPSA) is 61.9 Å². The third-order valence-corrected chi connectivity index (χ3v) is 3.64. The maximum absolute atomic E-state index is 12.2. The molecular weight excluding hydrogens is 282 g/mol. The number of likely N-dealkylation sites (N-methyl/N-ethyl adjacent to an activating group) is 1. The van der Waals surface area contributed by atoms with Crippen LogP contribution in [-0.4, -0.2) is 61.1 Å². The number of carbonyl (C=O) groups is 2. The Morgan fingerprint density at radius 3 is 2.55 bits per heavy atom. The van der Waals surface area contributed by atoms with Gasteiger partial charge in [-0.15, -0.1) is 0 Å². The lowest BCUT2D eigenvalue weighted by atomic mass is 10.2. The largest absolute Gasteiger partial charge is 0.378 e. The minimum atomic E-state index is -0.201. The highest BCUT2D eigenvalue weighted by molar-refractivity contribution is 5.84. The molecule has 1 fully saturated rings. The fraction of sp³-hybridized carbons (Fsp3) is 0.500. The average Bonchev–Trinajstić information content (AvgIpc) is 2.59. The maximum atomic E-state index is 12.2. The van der Waals surface area contributed by atoms with Crippen molar-refractivity contribution in [1.29, 1.82) is 0 Å². The minimum Gasteiger partial charge on any atom is -0.378 e. The van der Waals surface area contributed by atoms with Crippen molar-refractivity contribution in [3.05, 3.63) is 35.9 Å². The van der Waals surface area contributed by atoms with E-state index in [1.165, 1.54) is 0 Å². The summed E-state index contributed by atoms with van der Waals surface area (Å²) in [6.07, 6.45) is 0. The van der Waals surface area contributed by atoms with E-state index < -0.39 is 0 Å². The van der Waals surface area contributed by atoms with Crippen LogP contribution >= 0.6 is 0 Å². The lowest BCUT2D eigenvalue weighted by molar-refractivity contribution is -0.130. The van der Waals surface area contributed by atoms with Gasteiger partial charge < -0.3 is 19.9 Å². The first-order valence-corrected chi connectivity index (χ1v) is 7.63. The number of amides is 3. The van der Waals surface area contributed by atoms with Crippen LogP contribution in [0.3, 0.4) is 0 Å². The van der Waals surface area contributed by atoms with E-state index in [1.807, 2.05) is 37.3 Å². The Kier molecular flexibility index (Phi) is 6.21. The van der Waals surface area contributed by atoms with Gasteiger partial charge in [-0.1, -0.05) is 30.3 Å². The number of nitrogens with one attached hydrogen (secondary N) is 1. The van der Waals surface area contributed by atoms with E-state index >= 15 is 0 Å². The molecule has 22 heavy (non-hydrogen) atoms. The van der Waals surface area contributed by atoms with E-state index in [0.29, 0.717) is 39.4 Å². The molecule has 120 valence electrons. The number of carbonyl (C=O) groups excluding carboxylic acids is 2. The highest BCUT2D eigenvalue weighted by atomic mass is 16.5. The molecule has 1 saturated heterocycles. The van der Waals surface area contributed by atoms with Crippen molar-refractivity contribution in [3.63, 3.8) is 0 Å². The third-order valence-electron chi connectivity index (χ3n) is 3.64. The molecule has 3 amide bonds. The number of urea groups is 1. The number of hydrogen-bond acceptors (Lipinski definition) is 3. The fourth-order valence-electron chi connectivity index (χ4n) is 2.32.